The lowest BCUT2D eigenvalue weighted by Crippen LogP contribution is -2.33. The normalized spacial score (nSPS) is 22.9. The Labute approximate surface area is 123 Å². The molecule has 6 heteroatoms. The SMILES string of the molecule is CC1CCC(NC(=O)c2ccc(Br)c(C(F)(F)F)c2)C1. The number of hydrogen-bond donors (Lipinski definition) is 1. The molecule has 0 spiro atoms. The van der Waals surface area contributed by atoms with Crippen molar-refractivity contribution in [1.82, 2.24) is 5.32 Å². The molecule has 2 nitrogen and oxygen atoms in total. The van der Waals surface area contributed by atoms with Crippen LogP contribution in [0.1, 0.15) is 42.1 Å². The van der Waals surface area contributed by atoms with Crippen LogP contribution in [-0.2, 0) is 6.18 Å². The van der Waals surface area contributed by atoms with Crippen molar-refractivity contribution in [3.63, 3.8) is 0 Å². The zero-order valence-corrected chi connectivity index (χ0v) is 12.5. The highest BCUT2D eigenvalue weighted by atomic mass is 79.9. The van der Waals surface area contributed by atoms with E-state index in [1.807, 2.05) is 0 Å². The number of hydrogen-bond acceptors (Lipinski definition) is 1. The summed E-state index contributed by atoms with van der Waals surface area (Å²) in [5, 5.41) is 2.80. The Morgan fingerprint density at radius 3 is 2.60 bits per heavy atom. The first-order valence-corrected chi connectivity index (χ1v) is 7.24. The quantitative estimate of drug-likeness (QED) is 0.842. The first-order valence-electron chi connectivity index (χ1n) is 6.45. The van der Waals surface area contributed by atoms with E-state index >= 15 is 0 Å². The lowest BCUT2D eigenvalue weighted by atomic mass is 10.1. The van der Waals surface area contributed by atoms with Gasteiger partial charge in [-0.1, -0.05) is 22.9 Å². The first kappa shape index (κ1) is 15.4. The molecule has 1 aliphatic carbocycles. The summed E-state index contributed by atoms with van der Waals surface area (Å²) in [6, 6.07) is 3.61. The number of carbonyl (C=O) groups is 1. The minimum Gasteiger partial charge on any atom is -0.349 e. The fraction of sp³-hybridized carbons (Fsp3) is 0.500. The molecule has 1 aliphatic rings. The van der Waals surface area contributed by atoms with E-state index in [2.05, 4.69) is 28.2 Å². The van der Waals surface area contributed by atoms with Crippen LogP contribution >= 0.6 is 15.9 Å². The van der Waals surface area contributed by atoms with Crippen LogP contribution < -0.4 is 5.32 Å². The summed E-state index contributed by atoms with van der Waals surface area (Å²) < 4.78 is 38.3. The van der Waals surface area contributed by atoms with Gasteiger partial charge in [0.05, 0.1) is 5.56 Å². The van der Waals surface area contributed by atoms with Gasteiger partial charge in [-0.2, -0.15) is 13.2 Å². The number of alkyl halides is 3. The van der Waals surface area contributed by atoms with Crippen LogP contribution in [0.4, 0.5) is 13.2 Å². The van der Waals surface area contributed by atoms with E-state index in [0.29, 0.717) is 5.92 Å². The molecule has 1 aromatic rings. The average molecular weight is 350 g/mol. The van der Waals surface area contributed by atoms with E-state index in [0.717, 1.165) is 25.3 Å². The topological polar surface area (TPSA) is 29.1 Å². The molecule has 2 rings (SSSR count). The Morgan fingerprint density at radius 1 is 1.35 bits per heavy atom. The maximum Gasteiger partial charge on any atom is 0.417 e. The average Bonchev–Trinajstić information content (AvgIpc) is 2.73. The Balaban J connectivity index is 2.14. The molecule has 0 heterocycles. The van der Waals surface area contributed by atoms with Crippen molar-refractivity contribution in [2.24, 2.45) is 5.92 Å². The number of nitrogens with one attached hydrogen (secondary N) is 1. The Bertz CT molecular complexity index is 516. The van der Waals surface area contributed by atoms with Gasteiger partial charge in [0.2, 0.25) is 0 Å². The van der Waals surface area contributed by atoms with Crippen LogP contribution in [0.5, 0.6) is 0 Å². The van der Waals surface area contributed by atoms with Gasteiger partial charge in [-0.15, -0.1) is 0 Å². The van der Waals surface area contributed by atoms with Crippen LogP contribution in [0.15, 0.2) is 22.7 Å². The maximum atomic E-state index is 12.8. The van der Waals surface area contributed by atoms with Crippen LogP contribution in [0.3, 0.4) is 0 Å². The molecular weight excluding hydrogens is 335 g/mol. The lowest BCUT2D eigenvalue weighted by Gasteiger charge is -2.14. The molecule has 20 heavy (non-hydrogen) atoms. The summed E-state index contributed by atoms with van der Waals surface area (Å²) in [4.78, 5) is 12.0. The second-order valence-corrected chi connectivity index (χ2v) is 6.14. The minimum atomic E-state index is -4.48. The summed E-state index contributed by atoms with van der Waals surface area (Å²) in [7, 11) is 0. The summed E-state index contributed by atoms with van der Waals surface area (Å²) in [5.41, 5.74) is -0.787. The molecular formula is C14H15BrF3NO. The Hall–Kier alpha value is -1.04. The summed E-state index contributed by atoms with van der Waals surface area (Å²) in [5.74, 6) is 0.109. The molecule has 0 bridgehead atoms. The van der Waals surface area contributed by atoms with Crippen molar-refractivity contribution in [1.29, 1.82) is 0 Å². The molecule has 2 atom stereocenters. The van der Waals surface area contributed by atoms with E-state index in [-0.39, 0.29) is 16.1 Å². The molecule has 0 saturated heterocycles. The molecule has 1 aromatic carbocycles. The zero-order valence-electron chi connectivity index (χ0n) is 10.9. The molecule has 2 unspecified atom stereocenters. The number of halogens is 4. The molecule has 110 valence electrons. The monoisotopic (exact) mass is 349 g/mol. The molecule has 0 aliphatic heterocycles. The zero-order chi connectivity index (χ0) is 14.9. The van der Waals surface area contributed by atoms with E-state index in [4.69, 9.17) is 0 Å². The fourth-order valence-corrected chi connectivity index (χ4v) is 2.96. The summed E-state index contributed by atoms with van der Waals surface area (Å²) in [6.45, 7) is 2.10. The van der Waals surface area contributed by atoms with Gasteiger partial charge in [0.1, 0.15) is 0 Å². The van der Waals surface area contributed by atoms with E-state index in [9.17, 15) is 18.0 Å². The molecule has 0 aromatic heterocycles. The number of amides is 1. The van der Waals surface area contributed by atoms with Gasteiger partial charge in [-0.05, 0) is 43.4 Å². The largest absolute Gasteiger partial charge is 0.417 e. The highest BCUT2D eigenvalue weighted by Crippen LogP contribution is 2.35. The first-order chi connectivity index (χ1) is 9.27. The molecule has 1 saturated carbocycles. The van der Waals surface area contributed by atoms with Gasteiger partial charge >= 0.3 is 6.18 Å². The number of rotatable bonds is 2. The van der Waals surface area contributed by atoms with E-state index < -0.39 is 17.6 Å². The van der Waals surface area contributed by atoms with Crippen molar-refractivity contribution >= 4 is 21.8 Å². The van der Waals surface area contributed by atoms with Crippen molar-refractivity contribution in [2.45, 2.75) is 38.4 Å². The summed E-state index contributed by atoms with van der Waals surface area (Å²) >= 11 is 2.86. The third-order valence-corrected chi connectivity index (χ3v) is 4.26. The van der Waals surface area contributed by atoms with Crippen LogP contribution in [0.2, 0.25) is 0 Å². The van der Waals surface area contributed by atoms with Gasteiger partial charge in [0.25, 0.3) is 5.91 Å². The lowest BCUT2D eigenvalue weighted by molar-refractivity contribution is -0.138. The second kappa shape index (κ2) is 5.76. The number of benzene rings is 1. The van der Waals surface area contributed by atoms with Crippen molar-refractivity contribution < 1.29 is 18.0 Å². The molecule has 0 radical (unpaired) electrons. The van der Waals surface area contributed by atoms with Crippen LogP contribution in [0, 0.1) is 5.92 Å². The maximum absolute atomic E-state index is 12.8. The van der Waals surface area contributed by atoms with Crippen LogP contribution in [-0.4, -0.2) is 11.9 Å². The van der Waals surface area contributed by atoms with Crippen molar-refractivity contribution in [3.05, 3.63) is 33.8 Å². The fourth-order valence-electron chi connectivity index (χ4n) is 2.49. The number of carbonyl (C=O) groups excluding carboxylic acids is 1. The van der Waals surface area contributed by atoms with Crippen molar-refractivity contribution in [2.75, 3.05) is 0 Å². The molecule has 1 fully saturated rings. The summed E-state index contributed by atoms with van der Waals surface area (Å²) in [6.07, 6.45) is -1.67. The van der Waals surface area contributed by atoms with Gasteiger partial charge in [-0.3, -0.25) is 4.79 Å². The minimum absolute atomic E-state index is 0.0417. The van der Waals surface area contributed by atoms with Gasteiger partial charge in [0, 0.05) is 16.1 Å². The van der Waals surface area contributed by atoms with E-state index in [1.165, 1.54) is 12.1 Å². The third-order valence-electron chi connectivity index (χ3n) is 3.56. The van der Waals surface area contributed by atoms with Crippen LogP contribution in [0.25, 0.3) is 0 Å². The predicted molar refractivity (Wildman–Crippen MR) is 73.4 cm³/mol. The van der Waals surface area contributed by atoms with Gasteiger partial charge < -0.3 is 5.32 Å². The molecule has 1 N–H and O–H groups in total. The van der Waals surface area contributed by atoms with Crippen molar-refractivity contribution in [3.8, 4) is 0 Å². The molecule has 1 amide bonds. The van der Waals surface area contributed by atoms with Gasteiger partial charge in [-0.25, -0.2) is 0 Å². The van der Waals surface area contributed by atoms with Gasteiger partial charge in [0.15, 0.2) is 0 Å². The highest BCUT2D eigenvalue weighted by Gasteiger charge is 2.34. The smallest absolute Gasteiger partial charge is 0.349 e. The van der Waals surface area contributed by atoms with E-state index in [1.54, 1.807) is 0 Å². The second-order valence-electron chi connectivity index (χ2n) is 5.28. The Morgan fingerprint density at radius 2 is 2.05 bits per heavy atom. The standard InChI is InChI=1S/C14H15BrF3NO/c1-8-2-4-10(6-8)19-13(20)9-3-5-12(15)11(7-9)14(16,17)18/h3,5,7-8,10H,2,4,6H2,1H3,(H,19,20). The third kappa shape index (κ3) is 3.53. The Kier molecular flexibility index (Phi) is 4.42. The predicted octanol–water partition coefficient (Wildman–Crippen LogP) is 4.39. The highest BCUT2D eigenvalue weighted by molar-refractivity contribution is 9.10.